The predicted molar refractivity (Wildman–Crippen MR) is 71.8 cm³/mol. The molecule has 0 radical (unpaired) electrons. The van der Waals surface area contributed by atoms with Crippen LogP contribution in [0.5, 0.6) is 0 Å². The number of nitrogens with one attached hydrogen (secondary N) is 1. The molecule has 98 valence electrons. The van der Waals surface area contributed by atoms with Gasteiger partial charge in [0, 0.05) is 11.1 Å². The molecule has 2 rings (SSSR count). The van der Waals surface area contributed by atoms with Crippen LogP contribution in [-0.2, 0) is 10.3 Å². The molecular weight excluding hydrogens is 250 g/mol. The fourth-order valence-corrected chi connectivity index (χ4v) is 2.74. The molecule has 0 bridgehead atoms. The smallest absolute Gasteiger partial charge is 0.328 e. The molecule has 1 aromatic carbocycles. The van der Waals surface area contributed by atoms with Crippen LogP contribution in [0.1, 0.15) is 38.2 Å². The normalized spacial score (nSPS) is 19.7. The highest BCUT2D eigenvalue weighted by atomic mass is 35.5. The van der Waals surface area contributed by atoms with Crippen molar-refractivity contribution >= 4 is 17.6 Å². The van der Waals surface area contributed by atoms with Gasteiger partial charge in [-0.3, -0.25) is 5.32 Å². The zero-order valence-electron chi connectivity index (χ0n) is 10.4. The first-order chi connectivity index (χ1) is 8.52. The van der Waals surface area contributed by atoms with E-state index in [1.54, 1.807) is 25.1 Å². The first kappa shape index (κ1) is 13.4. The van der Waals surface area contributed by atoms with E-state index in [0.29, 0.717) is 10.6 Å². The second-order valence-corrected chi connectivity index (χ2v) is 5.50. The van der Waals surface area contributed by atoms with E-state index >= 15 is 0 Å². The van der Waals surface area contributed by atoms with E-state index in [2.05, 4.69) is 5.32 Å². The van der Waals surface area contributed by atoms with E-state index in [1.807, 2.05) is 6.07 Å². The molecule has 4 heteroatoms. The Morgan fingerprint density at radius 3 is 2.67 bits per heavy atom. The SMILES string of the molecule is CC(NC1CCCC1)(C(=O)O)c1cccc(Cl)c1. The third-order valence-electron chi connectivity index (χ3n) is 3.68. The van der Waals surface area contributed by atoms with Crippen molar-refractivity contribution in [3.05, 3.63) is 34.9 Å². The van der Waals surface area contributed by atoms with Crippen LogP contribution >= 0.6 is 11.6 Å². The topological polar surface area (TPSA) is 49.3 Å². The molecule has 1 unspecified atom stereocenters. The third kappa shape index (κ3) is 2.68. The van der Waals surface area contributed by atoms with Crippen molar-refractivity contribution in [2.75, 3.05) is 0 Å². The Hall–Kier alpha value is -1.06. The average molecular weight is 268 g/mol. The number of rotatable bonds is 4. The molecule has 1 aliphatic carbocycles. The molecule has 1 aromatic rings. The third-order valence-corrected chi connectivity index (χ3v) is 3.91. The van der Waals surface area contributed by atoms with E-state index in [4.69, 9.17) is 11.6 Å². The number of carbonyl (C=O) groups is 1. The molecule has 3 nitrogen and oxygen atoms in total. The van der Waals surface area contributed by atoms with E-state index in [1.165, 1.54) is 12.8 Å². The van der Waals surface area contributed by atoms with Crippen molar-refractivity contribution in [3.63, 3.8) is 0 Å². The lowest BCUT2D eigenvalue weighted by molar-refractivity contribution is -0.145. The summed E-state index contributed by atoms with van der Waals surface area (Å²) in [4.78, 5) is 11.6. The number of hydrogen-bond donors (Lipinski definition) is 2. The lowest BCUT2D eigenvalue weighted by atomic mass is 9.91. The minimum atomic E-state index is -1.07. The molecule has 0 heterocycles. The van der Waals surface area contributed by atoms with Gasteiger partial charge in [0.25, 0.3) is 0 Å². The van der Waals surface area contributed by atoms with Gasteiger partial charge < -0.3 is 5.11 Å². The van der Waals surface area contributed by atoms with Gasteiger partial charge in [0.1, 0.15) is 5.54 Å². The maximum Gasteiger partial charge on any atom is 0.328 e. The van der Waals surface area contributed by atoms with Crippen molar-refractivity contribution in [3.8, 4) is 0 Å². The van der Waals surface area contributed by atoms with Crippen molar-refractivity contribution in [2.24, 2.45) is 0 Å². The summed E-state index contributed by atoms with van der Waals surface area (Å²) in [6, 6.07) is 7.35. The van der Waals surface area contributed by atoms with Crippen LogP contribution in [0.3, 0.4) is 0 Å². The van der Waals surface area contributed by atoms with Crippen molar-refractivity contribution in [1.82, 2.24) is 5.32 Å². The standard InChI is InChI=1S/C14H18ClNO2/c1-14(13(17)18,16-12-7-2-3-8-12)10-5-4-6-11(15)9-10/h4-6,9,12,16H,2-3,7-8H2,1H3,(H,17,18). The second-order valence-electron chi connectivity index (χ2n) is 5.07. The Morgan fingerprint density at radius 2 is 2.11 bits per heavy atom. The molecule has 0 amide bonds. The summed E-state index contributed by atoms with van der Waals surface area (Å²) in [6.45, 7) is 1.71. The molecule has 2 N–H and O–H groups in total. The molecule has 0 saturated heterocycles. The van der Waals surface area contributed by atoms with Crippen LogP contribution in [0, 0.1) is 0 Å². The predicted octanol–water partition coefficient (Wildman–Crippen LogP) is 3.17. The van der Waals surface area contributed by atoms with Crippen LogP contribution in [0.15, 0.2) is 24.3 Å². The maximum absolute atomic E-state index is 11.6. The van der Waals surface area contributed by atoms with Crippen molar-refractivity contribution in [2.45, 2.75) is 44.2 Å². The number of carboxylic acids is 1. The van der Waals surface area contributed by atoms with Gasteiger partial charge in [0.15, 0.2) is 0 Å². The summed E-state index contributed by atoms with van der Waals surface area (Å²) in [5.41, 5.74) is -0.366. The summed E-state index contributed by atoms with van der Waals surface area (Å²) < 4.78 is 0. The summed E-state index contributed by atoms with van der Waals surface area (Å²) in [7, 11) is 0. The summed E-state index contributed by atoms with van der Waals surface area (Å²) in [5, 5.41) is 13.4. The van der Waals surface area contributed by atoms with Crippen LogP contribution < -0.4 is 5.32 Å². The molecule has 1 atom stereocenters. The van der Waals surface area contributed by atoms with Gasteiger partial charge in [-0.25, -0.2) is 4.79 Å². The molecule has 1 fully saturated rings. The van der Waals surface area contributed by atoms with Crippen LogP contribution in [0.2, 0.25) is 5.02 Å². The number of benzene rings is 1. The van der Waals surface area contributed by atoms with E-state index in [0.717, 1.165) is 12.8 Å². The van der Waals surface area contributed by atoms with E-state index in [9.17, 15) is 9.90 Å². The van der Waals surface area contributed by atoms with Gasteiger partial charge in [0.2, 0.25) is 0 Å². The first-order valence-electron chi connectivity index (χ1n) is 6.29. The quantitative estimate of drug-likeness (QED) is 0.881. The highest BCUT2D eigenvalue weighted by Gasteiger charge is 2.37. The molecular formula is C14H18ClNO2. The first-order valence-corrected chi connectivity index (χ1v) is 6.67. The van der Waals surface area contributed by atoms with Gasteiger partial charge in [-0.15, -0.1) is 0 Å². The second kappa shape index (κ2) is 5.29. The average Bonchev–Trinajstić information content (AvgIpc) is 2.81. The Kier molecular flexibility index (Phi) is 3.93. The Morgan fingerprint density at radius 1 is 1.44 bits per heavy atom. The van der Waals surface area contributed by atoms with Gasteiger partial charge in [-0.2, -0.15) is 0 Å². The lowest BCUT2D eigenvalue weighted by Crippen LogP contribution is -2.50. The molecule has 0 spiro atoms. The zero-order valence-corrected chi connectivity index (χ0v) is 11.2. The molecule has 1 saturated carbocycles. The Bertz CT molecular complexity index is 443. The summed E-state index contributed by atoms with van der Waals surface area (Å²) in [5.74, 6) is -0.864. The number of carboxylic acid groups (broad SMARTS) is 1. The van der Waals surface area contributed by atoms with Crippen LogP contribution in [-0.4, -0.2) is 17.1 Å². The molecule has 0 aliphatic heterocycles. The fourth-order valence-electron chi connectivity index (χ4n) is 2.55. The zero-order chi connectivity index (χ0) is 13.2. The van der Waals surface area contributed by atoms with Crippen molar-refractivity contribution < 1.29 is 9.90 Å². The Balaban J connectivity index is 2.28. The summed E-state index contributed by atoms with van der Waals surface area (Å²) in [6.07, 6.45) is 4.43. The fraction of sp³-hybridized carbons (Fsp3) is 0.500. The Labute approximate surface area is 112 Å². The number of hydrogen-bond acceptors (Lipinski definition) is 2. The minimum absolute atomic E-state index is 0.282. The van der Waals surface area contributed by atoms with Gasteiger partial charge in [0.05, 0.1) is 0 Å². The van der Waals surface area contributed by atoms with Gasteiger partial charge in [-0.05, 0) is 37.5 Å². The van der Waals surface area contributed by atoms with E-state index in [-0.39, 0.29) is 6.04 Å². The largest absolute Gasteiger partial charge is 0.480 e. The summed E-state index contributed by atoms with van der Waals surface area (Å²) >= 11 is 5.95. The van der Waals surface area contributed by atoms with Gasteiger partial charge in [-0.1, -0.05) is 36.6 Å². The molecule has 0 aromatic heterocycles. The highest BCUT2D eigenvalue weighted by molar-refractivity contribution is 6.30. The number of aliphatic carboxylic acids is 1. The molecule has 1 aliphatic rings. The van der Waals surface area contributed by atoms with Crippen LogP contribution in [0.25, 0.3) is 0 Å². The van der Waals surface area contributed by atoms with Crippen molar-refractivity contribution in [1.29, 1.82) is 0 Å². The minimum Gasteiger partial charge on any atom is -0.480 e. The lowest BCUT2D eigenvalue weighted by Gasteiger charge is -2.30. The maximum atomic E-state index is 11.6. The molecule has 18 heavy (non-hydrogen) atoms. The monoisotopic (exact) mass is 267 g/mol. The number of halogens is 1. The highest BCUT2D eigenvalue weighted by Crippen LogP contribution is 2.28. The van der Waals surface area contributed by atoms with Crippen LogP contribution in [0.4, 0.5) is 0 Å². The van der Waals surface area contributed by atoms with Gasteiger partial charge >= 0.3 is 5.97 Å². The van der Waals surface area contributed by atoms with E-state index < -0.39 is 11.5 Å².